The van der Waals surface area contributed by atoms with Crippen LogP contribution in [-0.4, -0.2) is 36.9 Å². The van der Waals surface area contributed by atoms with E-state index in [4.69, 9.17) is 0 Å². The molecule has 0 spiro atoms. The minimum atomic E-state index is -0.626. The van der Waals surface area contributed by atoms with E-state index in [1.54, 1.807) is 7.05 Å². The van der Waals surface area contributed by atoms with Crippen molar-refractivity contribution in [2.45, 2.75) is 13.8 Å². The van der Waals surface area contributed by atoms with E-state index >= 15 is 0 Å². The summed E-state index contributed by atoms with van der Waals surface area (Å²) in [5.74, 6) is 0.252. The lowest BCUT2D eigenvalue weighted by atomic mass is 10.2. The quantitative estimate of drug-likeness (QED) is 0.333. The monoisotopic (exact) mass is 247 g/mol. The molecular weight excluding hydrogens is 230 g/mol. The van der Waals surface area contributed by atoms with Crippen LogP contribution in [0.25, 0.3) is 0 Å². The summed E-state index contributed by atoms with van der Waals surface area (Å²) in [6, 6.07) is 0. The molecule has 0 fully saturated rings. The molecule has 0 saturated heterocycles. The van der Waals surface area contributed by atoms with Crippen molar-refractivity contribution in [3.05, 3.63) is 0 Å². The molecular formula is C9H17N3O3S. The number of oxime groups is 1. The van der Waals surface area contributed by atoms with E-state index in [1.165, 1.54) is 18.8 Å². The third-order valence-corrected chi connectivity index (χ3v) is 2.79. The van der Waals surface area contributed by atoms with Gasteiger partial charge in [0.2, 0.25) is 5.91 Å². The van der Waals surface area contributed by atoms with Gasteiger partial charge in [0.15, 0.2) is 0 Å². The first kappa shape index (κ1) is 14.8. The Bertz CT molecular complexity index is 279. The van der Waals surface area contributed by atoms with Gasteiger partial charge in [0, 0.05) is 20.0 Å². The molecule has 0 rings (SSSR count). The topological polar surface area (TPSA) is 79.8 Å². The number of hydrogen-bond acceptors (Lipinski definition) is 5. The highest BCUT2D eigenvalue weighted by atomic mass is 32.2. The Morgan fingerprint density at radius 3 is 2.38 bits per heavy atom. The molecule has 0 aromatic rings. The Labute approximate surface area is 99.2 Å². The molecule has 0 unspecified atom stereocenters. The van der Waals surface area contributed by atoms with E-state index in [0.29, 0.717) is 5.04 Å². The highest BCUT2D eigenvalue weighted by Crippen LogP contribution is 2.13. The molecule has 0 aliphatic rings. The largest absolute Gasteiger partial charge is 0.433 e. The van der Waals surface area contributed by atoms with Crippen molar-refractivity contribution in [3.8, 4) is 0 Å². The number of nitrogens with one attached hydrogen (secondary N) is 2. The fraction of sp³-hybridized carbons (Fsp3) is 0.667. The maximum atomic E-state index is 11.0. The third-order valence-electron chi connectivity index (χ3n) is 1.55. The van der Waals surface area contributed by atoms with E-state index in [-0.39, 0.29) is 17.6 Å². The van der Waals surface area contributed by atoms with Gasteiger partial charge in [-0.15, -0.1) is 0 Å². The Hall–Kier alpha value is -1.24. The average molecular weight is 247 g/mol. The lowest BCUT2D eigenvalue weighted by Gasteiger charge is -2.07. The first-order valence-electron chi connectivity index (χ1n) is 4.81. The molecule has 0 bridgehead atoms. The van der Waals surface area contributed by atoms with Crippen LogP contribution in [0.2, 0.25) is 0 Å². The van der Waals surface area contributed by atoms with Gasteiger partial charge >= 0.3 is 6.09 Å². The normalized spacial score (nSPS) is 11.2. The first-order chi connectivity index (χ1) is 7.51. The predicted molar refractivity (Wildman–Crippen MR) is 64.3 cm³/mol. The van der Waals surface area contributed by atoms with Crippen LogP contribution >= 0.6 is 11.8 Å². The summed E-state index contributed by atoms with van der Waals surface area (Å²) >= 11 is 1.25. The van der Waals surface area contributed by atoms with Crippen molar-refractivity contribution in [2.24, 2.45) is 11.1 Å². The summed E-state index contributed by atoms with van der Waals surface area (Å²) in [5, 5.41) is 9.07. The molecule has 7 heteroatoms. The van der Waals surface area contributed by atoms with Gasteiger partial charge in [-0.25, -0.2) is 4.79 Å². The molecule has 6 nitrogen and oxygen atoms in total. The van der Waals surface area contributed by atoms with Crippen LogP contribution in [-0.2, 0) is 9.63 Å². The Morgan fingerprint density at radius 1 is 1.31 bits per heavy atom. The second-order valence-corrected chi connectivity index (χ2v) is 4.17. The van der Waals surface area contributed by atoms with Gasteiger partial charge in [-0.2, -0.15) is 0 Å². The minimum Gasteiger partial charge on any atom is -0.358 e. The van der Waals surface area contributed by atoms with Crippen LogP contribution in [0.1, 0.15) is 13.8 Å². The van der Waals surface area contributed by atoms with Crippen LogP contribution in [0.4, 0.5) is 4.79 Å². The number of thioether (sulfide) groups is 1. The van der Waals surface area contributed by atoms with E-state index < -0.39 is 6.09 Å². The van der Waals surface area contributed by atoms with E-state index in [9.17, 15) is 9.59 Å². The van der Waals surface area contributed by atoms with Crippen LogP contribution in [0.3, 0.4) is 0 Å². The summed E-state index contributed by atoms with van der Waals surface area (Å²) in [5.41, 5.74) is 0. The summed E-state index contributed by atoms with van der Waals surface area (Å²) in [6.45, 7) is 3.81. The van der Waals surface area contributed by atoms with Gasteiger partial charge in [0.1, 0.15) is 5.04 Å². The molecule has 0 aliphatic heterocycles. The minimum absolute atomic E-state index is 0.0966. The third kappa shape index (κ3) is 6.28. The van der Waals surface area contributed by atoms with Gasteiger partial charge in [0.25, 0.3) is 0 Å². The van der Waals surface area contributed by atoms with Crippen LogP contribution in [0.15, 0.2) is 5.16 Å². The fourth-order valence-corrected chi connectivity index (χ4v) is 1.49. The van der Waals surface area contributed by atoms with E-state index in [1.807, 2.05) is 13.8 Å². The Morgan fingerprint density at radius 2 is 1.94 bits per heavy atom. The Balaban J connectivity index is 4.27. The number of amides is 2. The van der Waals surface area contributed by atoms with Crippen molar-refractivity contribution in [3.63, 3.8) is 0 Å². The van der Waals surface area contributed by atoms with Crippen molar-refractivity contribution in [2.75, 3.05) is 19.8 Å². The van der Waals surface area contributed by atoms with Crippen LogP contribution in [0.5, 0.6) is 0 Å². The molecule has 0 aromatic heterocycles. The second-order valence-electron chi connectivity index (χ2n) is 3.17. The summed E-state index contributed by atoms with van der Waals surface area (Å²) < 4.78 is 0. The number of rotatable bonds is 4. The second kappa shape index (κ2) is 7.98. The number of carbonyl (C=O) groups excluding carboxylic acids is 2. The standard InChI is InChI=1S/C9H17N3O3S/c1-6(2)8(12-15-9(14)11-4)16-5-7(13)10-3/h6H,5H2,1-4H3,(H,10,13)(H,11,14). The van der Waals surface area contributed by atoms with E-state index in [2.05, 4.69) is 20.6 Å². The molecule has 92 valence electrons. The highest BCUT2D eigenvalue weighted by Gasteiger charge is 2.10. The predicted octanol–water partition coefficient (Wildman–Crippen LogP) is 0.791. The molecule has 0 radical (unpaired) electrons. The zero-order chi connectivity index (χ0) is 12.6. The van der Waals surface area contributed by atoms with Crippen molar-refractivity contribution in [1.29, 1.82) is 0 Å². The molecule has 2 N–H and O–H groups in total. The zero-order valence-corrected chi connectivity index (χ0v) is 10.7. The lowest BCUT2D eigenvalue weighted by molar-refractivity contribution is -0.118. The zero-order valence-electron chi connectivity index (χ0n) is 9.86. The highest BCUT2D eigenvalue weighted by molar-refractivity contribution is 8.14. The maximum Gasteiger partial charge on any atom is 0.433 e. The fourth-order valence-electron chi connectivity index (χ4n) is 0.642. The van der Waals surface area contributed by atoms with Crippen LogP contribution < -0.4 is 10.6 Å². The number of carbonyl (C=O) groups is 2. The van der Waals surface area contributed by atoms with E-state index in [0.717, 1.165) is 0 Å². The molecule has 2 amide bonds. The molecule has 0 saturated carbocycles. The maximum absolute atomic E-state index is 11.0. The average Bonchev–Trinajstić information content (AvgIpc) is 2.27. The smallest absolute Gasteiger partial charge is 0.358 e. The molecule has 0 aromatic carbocycles. The number of nitrogens with zero attached hydrogens (tertiary/aromatic N) is 1. The summed E-state index contributed by atoms with van der Waals surface area (Å²) in [6.07, 6.45) is -0.626. The molecule has 0 aliphatic carbocycles. The summed E-state index contributed by atoms with van der Waals surface area (Å²) in [4.78, 5) is 26.4. The van der Waals surface area contributed by atoms with Crippen LogP contribution in [0, 0.1) is 5.92 Å². The molecule has 0 heterocycles. The molecule has 0 atom stereocenters. The Kier molecular flexibility index (Phi) is 7.36. The SMILES string of the molecule is CNC(=O)CSC(=NOC(=O)NC)C(C)C. The number of hydrogen-bond donors (Lipinski definition) is 2. The van der Waals surface area contributed by atoms with Gasteiger partial charge in [0.05, 0.1) is 5.75 Å². The van der Waals surface area contributed by atoms with Gasteiger partial charge in [-0.1, -0.05) is 30.8 Å². The van der Waals surface area contributed by atoms with Gasteiger partial charge in [-0.05, 0) is 0 Å². The summed E-state index contributed by atoms with van der Waals surface area (Å²) in [7, 11) is 3.01. The lowest BCUT2D eigenvalue weighted by Crippen LogP contribution is -2.22. The van der Waals surface area contributed by atoms with Crippen molar-refractivity contribution in [1.82, 2.24) is 10.6 Å². The molecule has 16 heavy (non-hydrogen) atoms. The van der Waals surface area contributed by atoms with Gasteiger partial charge in [-0.3, -0.25) is 9.63 Å². The van der Waals surface area contributed by atoms with Crippen molar-refractivity contribution < 1.29 is 14.4 Å². The first-order valence-corrected chi connectivity index (χ1v) is 5.79. The van der Waals surface area contributed by atoms with Gasteiger partial charge < -0.3 is 10.6 Å². The van der Waals surface area contributed by atoms with Crippen molar-refractivity contribution >= 4 is 28.8 Å².